The van der Waals surface area contributed by atoms with Crippen LogP contribution >= 0.6 is 0 Å². The summed E-state index contributed by atoms with van der Waals surface area (Å²) in [5.41, 5.74) is -0.342. The van der Waals surface area contributed by atoms with Crippen molar-refractivity contribution in [2.45, 2.75) is 65.3 Å². The summed E-state index contributed by atoms with van der Waals surface area (Å²) in [5.74, 6) is 2.31. The molecule has 1 saturated heterocycles. The number of hydrogen-bond acceptors (Lipinski definition) is 2. The molecule has 1 saturated carbocycles. The zero-order chi connectivity index (χ0) is 14.9. The summed E-state index contributed by atoms with van der Waals surface area (Å²) in [4.78, 5) is 14.1. The van der Waals surface area contributed by atoms with Gasteiger partial charge in [0.15, 0.2) is 0 Å². The third kappa shape index (κ3) is 2.70. The summed E-state index contributed by atoms with van der Waals surface area (Å²) in [5, 5.41) is 11.1. The number of hydrogen-bond donors (Lipinski definition) is 2. The largest absolute Gasteiger partial charge is 0.323 e. The predicted molar refractivity (Wildman–Crippen MR) is 81.9 cm³/mol. The van der Waals surface area contributed by atoms with Crippen molar-refractivity contribution in [3.05, 3.63) is 0 Å². The highest BCUT2D eigenvalue weighted by Gasteiger charge is 2.50. The van der Waals surface area contributed by atoms with Crippen molar-refractivity contribution in [1.82, 2.24) is 10.2 Å². The number of amidine groups is 1. The lowest BCUT2D eigenvalue weighted by molar-refractivity contribution is 0.150. The number of rotatable bonds is 3. The van der Waals surface area contributed by atoms with E-state index in [9.17, 15) is 4.79 Å². The van der Waals surface area contributed by atoms with Gasteiger partial charge in [-0.15, -0.1) is 0 Å². The van der Waals surface area contributed by atoms with Gasteiger partial charge in [0.1, 0.15) is 11.4 Å². The third-order valence-electron chi connectivity index (χ3n) is 5.04. The highest BCUT2D eigenvalue weighted by atomic mass is 16.2. The quantitative estimate of drug-likeness (QED) is 0.814. The summed E-state index contributed by atoms with van der Waals surface area (Å²) in [7, 11) is 0. The minimum Gasteiger partial charge on any atom is -0.311 e. The highest BCUT2D eigenvalue weighted by molar-refractivity contribution is 6.08. The van der Waals surface area contributed by atoms with E-state index in [4.69, 9.17) is 5.41 Å². The van der Waals surface area contributed by atoms with Crippen molar-refractivity contribution in [2.24, 2.45) is 17.8 Å². The van der Waals surface area contributed by atoms with Crippen LogP contribution in [0.5, 0.6) is 0 Å². The van der Waals surface area contributed by atoms with E-state index in [0.29, 0.717) is 17.7 Å². The molecule has 2 rings (SSSR count). The van der Waals surface area contributed by atoms with Crippen LogP contribution in [0.4, 0.5) is 4.79 Å². The second kappa shape index (κ2) is 5.74. The van der Waals surface area contributed by atoms with Gasteiger partial charge in [-0.05, 0) is 37.0 Å². The molecule has 0 aromatic rings. The van der Waals surface area contributed by atoms with Gasteiger partial charge in [0.05, 0.1) is 0 Å². The normalized spacial score (nSPS) is 31.3. The Morgan fingerprint density at radius 3 is 2.60 bits per heavy atom. The Hall–Kier alpha value is -1.06. The second-order valence-electron chi connectivity index (χ2n) is 7.28. The molecule has 1 heterocycles. The van der Waals surface area contributed by atoms with E-state index in [1.54, 1.807) is 0 Å². The molecule has 2 unspecified atom stereocenters. The van der Waals surface area contributed by atoms with E-state index in [2.05, 4.69) is 33.0 Å². The van der Waals surface area contributed by atoms with Gasteiger partial charge in [-0.2, -0.15) is 0 Å². The Kier molecular flexibility index (Phi) is 4.40. The molecular weight excluding hydrogens is 250 g/mol. The van der Waals surface area contributed by atoms with Crippen LogP contribution < -0.4 is 5.32 Å². The minimum absolute atomic E-state index is 0.0632. The first kappa shape index (κ1) is 15.3. The topological polar surface area (TPSA) is 56.2 Å². The lowest BCUT2D eigenvalue weighted by Crippen LogP contribution is -2.50. The highest BCUT2D eigenvalue weighted by Crippen LogP contribution is 2.40. The molecule has 2 atom stereocenters. The number of nitrogens with one attached hydrogen (secondary N) is 2. The van der Waals surface area contributed by atoms with Crippen LogP contribution in [-0.4, -0.2) is 28.9 Å². The zero-order valence-corrected chi connectivity index (χ0v) is 13.3. The number of carbonyl (C=O) groups is 1. The van der Waals surface area contributed by atoms with Gasteiger partial charge in [-0.25, -0.2) is 4.79 Å². The fourth-order valence-electron chi connectivity index (χ4n) is 3.78. The zero-order valence-electron chi connectivity index (χ0n) is 13.3. The van der Waals surface area contributed by atoms with Gasteiger partial charge in [0.2, 0.25) is 0 Å². The average molecular weight is 279 g/mol. The SMILES string of the molecule is CC(C)CN1C(=O)NC(=N)C12CCCC(C(C)C)CC2. The first-order valence-corrected chi connectivity index (χ1v) is 8.04. The Morgan fingerprint density at radius 2 is 2.00 bits per heavy atom. The van der Waals surface area contributed by atoms with Crippen LogP contribution in [0.25, 0.3) is 0 Å². The van der Waals surface area contributed by atoms with E-state index in [1.807, 2.05) is 4.90 Å². The molecule has 2 N–H and O–H groups in total. The fraction of sp³-hybridized carbons (Fsp3) is 0.875. The van der Waals surface area contributed by atoms with Crippen LogP contribution in [0.3, 0.4) is 0 Å². The van der Waals surface area contributed by atoms with Crippen molar-refractivity contribution in [3.8, 4) is 0 Å². The van der Waals surface area contributed by atoms with E-state index in [-0.39, 0.29) is 11.6 Å². The van der Waals surface area contributed by atoms with Crippen LogP contribution in [-0.2, 0) is 0 Å². The summed E-state index contributed by atoms with van der Waals surface area (Å²) in [6, 6.07) is -0.0632. The molecule has 1 spiro atoms. The van der Waals surface area contributed by atoms with E-state index < -0.39 is 0 Å². The minimum atomic E-state index is -0.342. The van der Waals surface area contributed by atoms with E-state index in [0.717, 1.165) is 38.1 Å². The van der Waals surface area contributed by atoms with Gasteiger partial charge in [-0.3, -0.25) is 10.7 Å². The summed E-state index contributed by atoms with van der Waals surface area (Å²) in [6.07, 6.45) is 5.37. The molecular formula is C16H29N3O. The van der Waals surface area contributed by atoms with Crippen LogP contribution in [0.1, 0.15) is 59.8 Å². The first-order chi connectivity index (χ1) is 9.36. The first-order valence-electron chi connectivity index (χ1n) is 8.04. The molecule has 1 aliphatic heterocycles. The lowest BCUT2D eigenvalue weighted by atomic mass is 9.85. The molecule has 4 heteroatoms. The van der Waals surface area contributed by atoms with E-state index >= 15 is 0 Å². The number of carbonyl (C=O) groups excluding carboxylic acids is 1. The Morgan fingerprint density at radius 1 is 1.30 bits per heavy atom. The molecule has 0 radical (unpaired) electrons. The van der Waals surface area contributed by atoms with Crippen molar-refractivity contribution in [1.29, 1.82) is 5.41 Å². The van der Waals surface area contributed by atoms with Crippen LogP contribution in [0.2, 0.25) is 0 Å². The molecule has 2 amide bonds. The van der Waals surface area contributed by atoms with Crippen molar-refractivity contribution < 1.29 is 4.79 Å². The van der Waals surface area contributed by atoms with Crippen LogP contribution in [0.15, 0.2) is 0 Å². The maximum absolute atomic E-state index is 12.2. The maximum Gasteiger partial charge on any atom is 0.323 e. The Bertz CT molecular complexity index is 391. The third-order valence-corrected chi connectivity index (χ3v) is 5.04. The molecule has 0 aromatic heterocycles. The summed E-state index contributed by atoms with van der Waals surface area (Å²) >= 11 is 0. The van der Waals surface area contributed by atoms with Gasteiger partial charge in [-0.1, -0.05) is 40.5 Å². The van der Waals surface area contributed by atoms with Gasteiger partial charge >= 0.3 is 6.03 Å². The molecule has 0 bridgehead atoms. The molecule has 114 valence electrons. The molecule has 2 fully saturated rings. The molecule has 20 heavy (non-hydrogen) atoms. The second-order valence-corrected chi connectivity index (χ2v) is 7.28. The molecule has 2 aliphatic rings. The van der Waals surface area contributed by atoms with Crippen LogP contribution in [0, 0.1) is 23.2 Å². The average Bonchev–Trinajstić information content (AvgIpc) is 2.56. The molecule has 0 aromatic carbocycles. The lowest BCUT2D eigenvalue weighted by Gasteiger charge is -2.37. The Balaban J connectivity index is 2.21. The summed E-state index contributed by atoms with van der Waals surface area (Å²) in [6.45, 7) is 9.60. The van der Waals surface area contributed by atoms with Gasteiger partial charge in [0, 0.05) is 6.54 Å². The monoisotopic (exact) mass is 279 g/mol. The van der Waals surface area contributed by atoms with Crippen molar-refractivity contribution in [3.63, 3.8) is 0 Å². The van der Waals surface area contributed by atoms with Gasteiger partial charge in [0.25, 0.3) is 0 Å². The molecule has 1 aliphatic carbocycles. The fourth-order valence-corrected chi connectivity index (χ4v) is 3.78. The van der Waals surface area contributed by atoms with Crippen molar-refractivity contribution in [2.75, 3.05) is 6.54 Å². The standard InChI is InChI=1S/C16H29N3O/c1-11(2)10-19-15(20)18-14(17)16(19)8-5-6-13(7-9-16)12(3)4/h11-13H,5-10H2,1-4H3,(H2,17,18,20). The Labute approximate surface area is 122 Å². The van der Waals surface area contributed by atoms with E-state index in [1.165, 1.54) is 6.42 Å². The molecule has 4 nitrogen and oxygen atoms in total. The predicted octanol–water partition coefficient (Wildman–Crippen LogP) is 3.62. The van der Waals surface area contributed by atoms with Gasteiger partial charge < -0.3 is 4.90 Å². The smallest absolute Gasteiger partial charge is 0.311 e. The number of urea groups is 1. The summed E-state index contributed by atoms with van der Waals surface area (Å²) < 4.78 is 0. The van der Waals surface area contributed by atoms with Crippen molar-refractivity contribution >= 4 is 11.9 Å². The maximum atomic E-state index is 12.2. The number of amides is 2. The number of nitrogens with zero attached hydrogens (tertiary/aromatic N) is 1.